The number of carbonyl (C=O) groups excluding carboxylic acids is 1. The molecule has 152 valence electrons. The zero-order valence-electron chi connectivity index (χ0n) is 18.0. The van der Waals surface area contributed by atoms with E-state index in [2.05, 4.69) is 57.6 Å². The standard InChI is InChI=1S/C19H32.C3H8O2.CH2O/c1-15(2)8-6-9-16(3)10-7-11-19-13-12-17(4)18(5)14-19;1-5-3-2-4;1-2/h8,10,13,17-18H,6-7,9,11-12,14H2,1-5H3;4H,2-3H2,1H3;1H2/b16-10+;;. The fraction of sp³-hybridized carbons (Fsp3) is 0.696. The second-order valence-electron chi connectivity index (χ2n) is 7.38. The van der Waals surface area contributed by atoms with Gasteiger partial charge in [0.15, 0.2) is 0 Å². The highest BCUT2D eigenvalue weighted by atomic mass is 16.5. The molecule has 1 rings (SSSR count). The molecule has 2 unspecified atom stereocenters. The molecule has 0 heterocycles. The summed E-state index contributed by atoms with van der Waals surface area (Å²) in [4.78, 5) is 8.00. The number of ether oxygens (including phenoxy) is 1. The fourth-order valence-corrected chi connectivity index (χ4v) is 2.77. The van der Waals surface area contributed by atoms with Crippen LogP contribution in [0.25, 0.3) is 0 Å². The number of carbonyl (C=O) groups is 1. The highest BCUT2D eigenvalue weighted by Crippen LogP contribution is 2.31. The van der Waals surface area contributed by atoms with E-state index in [-0.39, 0.29) is 6.61 Å². The molecule has 3 nitrogen and oxygen atoms in total. The lowest BCUT2D eigenvalue weighted by Crippen LogP contribution is -2.12. The van der Waals surface area contributed by atoms with E-state index in [0.29, 0.717) is 6.61 Å². The molecule has 2 atom stereocenters. The number of rotatable bonds is 8. The van der Waals surface area contributed by atoms with Crippen LogP contribution in [0.4, 0.5) is 0 Å². The molecule has 1 aliphatic carbocycles. The molecule has 0 aromatic rings. The van der Waals surface area contributed by atoms with Crippen LogP contribution >= 0.6 is 0 Å². The lowest BCUT2D eigenvalue weighted by Gasteiger charge is -2.25. The second-order valence-corrected chi connectivity index (χ2v) is 7.38. The van der Waals surface area contributed by atoms with Gasteiger partial charge in [0.25, 0.3) is 0 Å². The van der Waals surface area contributed by atoms with Crippen LogP contribution in [0.1, 0.15) is 73.1 Å². The van der Waals surface area contributed by atoms with Gasteiger partial charge in [0.1, 0.15) is 6.79 Å². The first-order valence-corrected chi connectivity index (χ1v) is 9.76. The summed E-state index contributed by atoms with van der Waals surface area (Å²) in [7, 11) is 1.55. The van der Waals surface area contributed by atoms with Gasteiger partial charge in [-0.3, -0.25) is 0 Å². The van der Waals surface area contributed by atoms with Crippen LogP contribution in [0.5, 0.6) is 0 Å². The van der Waals surface area contributed by atoms with Crippen LogP contribution < -0.4 is 0 Å². The summed E-state index contributed by atoms with van der Waals surface area (Å²) >= 11 is 0. The molecule has 0 spiro atoms. The maximum Gasteiger partial charge on any atom is 0.106 e. The summed E-state index contributed by atoms with van der Waals surface area (Å²) in [5.74, 6) is 1.76. The van der Waals surface area contributed by atoms with E-state index in [9.17, 15) is 0 Å². The molecule has 0 saturated carbocycles. The van der Waals surface area contributed by atoms with Crippen LogP contribution in [0.3, 0.4) is 0 Å². The van der Waals surface area contributed by atoms with Crippen molar-refractivity contribution in [3.63, 3.8) is 0 Å². The van der Waals surface area contributed by atoms with Gasteiger partial charge in [-0.15, -0.1) is 0 Å². The highest BCUT2D eigenvalue weighted by Gasteiger charge is 2.17. The Balaban J connectivity index is 0. The van der Waals surface area contributed by atoms with Crippen molar-refractivity contribution in [3.8, 4) is 0 Å². The average Bonchev–Trinajstić information content (AvgIpc) is 2.61. The van der Waals surface area contributed by atoms with Crippen LogP contribution in [-0.4, -0.2) is 32.2 Å². The number of hydrogen-bond acceptors (Lipinski definition) is 3. The minimum absolute atomic E-state index is 0.122. The molecule has 1 N–H and O–H groups in total. The molecule has 26 heavy (non-hydrogen) atoms. The first-order valence-electron chi connectivity index (χ1n) is 9.76. The van der Waals surface area contributed by atoms with E-state index < -0.39 is 0 Å². The van der Waals surface area contributed by atoms with Gasteiger partial charge in [-0.25, -0.2) is 0 Å². The van der Waals surface area contributed by atoms with Gasteiger partial charge in [-0.2, -0.15) is 0 Å². The van der Waals surface area contributed by atoms with Gasteiger partial charge in [0.05, 0.1) is 13.2 Å². The molecule has 0 bridgehead atoms. The topological polar surface area (TPSA) is 46.5 Å². The summed E-state index contributed by atoms with van der Waals surface area (Å²) in [6.07, 6.45) is 14.8. The van der Waals surface area contributed by atoms with Crippen LogP contribution in [0, 0.1) is 11.8 Å². The molecular weight excluding hydrogens is 324 g/mol. The molecule has 0 aromatic heterocycles. The van der Waals surface area contributed by atoms with Crippen molar-refractivity contribution in [1.82, 2.24) is 0 Å². The second kappa shape index (κ2) is 18.6. The fourth-order valence-electron chi connectivity index (χ4n) is 2.77. The van der Waals surface area contributed by atoms with Crippen molar-refractivity contribution in [3.05, 3.63) is 34.9 Å². The lowest BCUT2D eigenvalue weighted by atomic mass is 9.81. The van der Waals surface area contributed by atoms with Crippen LogP contribution in [0.15, 0.2) is 34.9 Å². The molecule has 0 radical (unpaired) electrons. The van der Waals surface area contributed by atoms with Crippen molar-refractivity contribution in [2.45, 2.75) is 73.1 Å². The monoisotopic (exact) mass is 366 g/mol. The van der Waals surface area contributed by atoms with Crippen LogP contribution in [-0.2, 0) is 9.53 Å². The van der Waals surface area contributed by atoms with Crippen molar-refractivity contribution in [1.29, 1.82) is 0 Å². The van der Waals surface area contributed by atoms with E-state index in [0.717, 1.165) is 11.8 Å². The van der Waals surface area contributed by atoms with E-state index >= 15 is 0 Å². The number of allylic oxidation sites excluding steroid dienone is 6. The van der Waals surface area contributed by atoms with E-state index in [1.54, 1.807) is 18.3 Å². The van der Waals surface area contributed by atoms with Gasteiger partial charge in [-0.1, -0.05) is 48.8 Å². The summed E-state index contributed by atoms with van der Waals surface area (Å²) in [6, 6.07) is 0. The molecule has 0 aliphatic heterocycles. The summed E-state index contributed by atoms with van der Waals surface area (Å²) in [5.41, 5.74) is 4.68. The SMILES string of the molecule is C=O.CC(C)=CCC/C(C)=C/CCC1=CCC(C)C(C)C1.COCCO. The average molecular weight is 367 g/mol. The van der Waals surface area contributed by atoms with E-state index in [1.807, 2.05) is 6.79 Å². The Hall–Kier alpha value is -1.19. The van der Waals surface area contributed by atoms with E-state index in [4.69, 9.17) is 9.90 Å². The third-order valence-corrected chi connectivity index (χ3v) is 4.68. The zero-order valence-corrected chi connectivity index (χ0v) is 18.0. The number of aliphatic hydroxyl groups is 1. The number of methoxy groups -OCH3 is 1. The zero-order chi connectivity index (χ0) is 20.4. The summed E-state index contributed by atoms with van der Waals surface area (Å²) in [6.45, 7) is 14.0. The van der Waals surface area contributed by atoms with Gasteiger partial charge < -0.3 is 14.6 Å². The smallest absolute Gasteiger partial charge is 0.106 e. The van der Waals surface area contributed by atoms with Gasteiger partial charge in [-0.05, 0) is 71.1 Å². The predicted molar refractivity (Wildman–Crippen MR) is 113 cm³/mol. The molecular formula is C23H42O3. The third kappa shape index (κ3) is 16.3. The quantitative estimate of drug-likeness (QED) is 0.545. The Kier molecular flexibility index (Phi) is 19.3. The molecule has 0 fully saturated rings. The number of hydrogen-bond donors (Lipinski definition) is 1. The third-order valence-electron chi connectivity index (χ3n) is 4.68. The molecule has 3 heteroatoms. The molecule has 1 aliphatic rings. The lowest BCUT2D eigenvalue weighted by molar-refractivity contribution is -0.0979. The van der Waals surface area contributed by atoms with Crippen molar-refractivity contribution < 1.29 is 14.6 Å². The first kappa shape index (κ1) is 27.0. The molecule has 0 saturated heterocycles. The molecule has 0 aromatic carbocycles. The van der Waals surface area contributed by atoms with Gasteiger partial charge in [0.2, 0.25) is 0 Å². The Labute approximate surface area is 162 Å². The normalized spacial score (nSPS) is 19.3. The Bertz CT molecular complexity index is 415. The Morgan fingerprint density at radius 3 is 2.31 bits per heavy atom. The predicted octanol–water partition coefficient (Wildman–Crippen LogP) is 5.89. The van der Waals surface area contributed by atoms with Crippen molar-refractivity contribution in [2.75, 3.05) is 20.3 Å². The largest absolute Gasteiger partial charge is 0.394 e. The minimum Gasteiger partial charge on any atom is -0.394 e. The maximum absolute atomic E-state index is 8.00. The van der Waals surface area contributed by atoms with Crippen LogP contribution in [0.2, 0.25) is 0 Å². The van der Waals surface area contributed by atoms with E-state index in [1.165, 1.54) is 44.1 Å². The highest BCUT2D eigenvalue weighted by molar-refractivity contribution is 5.11. The maximum atomic E-state index is 8.00. The summed E-state index contributed by atoms with van der Waals surface area (Å²) in [5, 5.41) is 7.94. The first-order chi connectivity index (χ1) is 12.4. The van der Waals surface area contributed by atoms with Gasteiger partial charge >= 0.3 is 0 Å². The minimum atomic E-state index is 0.122. The molecule has 0 amide bonds. The number of aliphatic hydroxyl groups excluding tert-OH is 1. The Morgan fingerprint density at radius 1 is 1.19 bits per heavy atom. The Morgan fingerprint density at radius 2 is 1.85 bits per heavy atom. The summed E-state index contributed by atoms with van der Waals surface area (Å²) < 4.78 is 4.44. The van der Waals surface area contributed by atoms with Crippen molar-refractivity contribution in [2.24, 2.45) is 11.8 Å². The van der Waals surface area contributed by atoms with Crippen molar-refractivity contribution >= 4 is 6.79 Å². The van der Waals surface area contributed by atoms with Gasteiger partial charge in [0, 0.05) is 7.11 Å².